The van der Waals surface area contributed by atoms with E-state index in [9.17, 15) is 0 Å². The molecule has 82 valence electrons. The fourth-order valence-corrected chi connectivity index (χ4v) is 3.39. The monoisotopic (exact) mass is 224 g/mol. The number of nitrogens with zero attached hydrogens (tertiary/aromatic N) is 2. The summed E-state index contributed by atoms with van der Waals surface area (Å²) in [4.78, 5) is 4.65. The van der Waals surface area contributed by atoms with E-state index in [-0.39, 0.29) is 0 Å². The van der Waals surface area contributed by atoms with Crippen molar-refractivity contribution in [3.05, 3.63) is 11.5 Å². The zero-order chi connectivity index (χ0) is 10.4. The van der Waals surface area contributed by atoms with Crippen LogP contribution in [0.2, 0.25) is 0 Å². The van der Waals surface area contributed by atoms with E-state index < -0.39 is 0 Å². The molecule has 0 aromatic carbocycles. The van der Waals surface area contributed by atoms with Crippen LogP contribution in [0.3, 0.4) is 0 Å². The van der Waals surface area contributed by atoms with Crippen LogP contribution in [0.5, 0.6) is 0 Å². The molecule has 1 aromatic rings. The zero-order valence-corrected chi connectivity index (χ0v) is 9.46. The van der Waals surface area contributed by atoms with Crippen LogP contribution >= 0.6 is 11.8 Å². The summed E-state index contributed by atoms with van der Waals surface area (Å²) >= 11 is 1.98. The van der Waals surface area contributed by atoms with Gasteiger partial charge in [0.15, 0.2) is 0 Å². The highest BCUT2D eigenvalue weighted by molar-refractivity contribution is 7.99. The van der Waals surface area contributed by atoms with Gasteiger partial charge in [0.25, 0.3) is 0 Å². The van der Waals surface area contributed by atoms with Gasteiger partial charge in [0.1, 0.15) is 11.6 Å². The van der Waals surface area contributed by atoms with Crippen LogP contribution in [0.15, 0.2) is 0 Å². The summed E-state index contributed by atoms with van der Waals surface area (Å²) in [5.74, 6) is 11.1. The van der Waals surface area contributed by atoms with Gasteiger partial charge in [-0.2, -0.15) is 11.8 Å². The van der Waals surface area contributed by atoms with Gasteiger partial charge in [-0.15, -0.1) is 0 Å². The molecule has 0 amide bonds. The lowest BCUT2D eigenvalue weighted by Gasteiger charge is -2.05. The number of rotatable bonds is 2. The van der Waals surface area contributed by atoms with E-state index in [0.29, 0.717) is 17.7 Å². The Kier molecular flexibility index (Phi) is 2.09. The van der Waals surface area contributed by atoms with E-state index >= 15 is 0 Å². The number of hydrogen-bond acceptors (Lipinski definition) is 4. The minimum absolute atomic E-state index is 0.525. The molecule has 5 heteroatoms. The highest BCUT2D eigenvalue weighted by Crippen LogP contribution is 2.42. The van der Waals surface area contributed by atoms with Gasteiger partial charge in [0.2, 0.25) is 0 Å². The van der Waals surface area contributed by atoms with E-state index in [4.69, 9.17) is 11.6 Å². The molecule has 1 aliphatic heterocycles. The third-order valence-corrected chi connectivity index (χ3v) is 4.43. The topological polar surface area (TPSA) is 69.9 Å². The van der Waals surface area contributed by atoms with Crippen molar-refractivity contribution in [2.75, 3.05) is 23.1 Å². The lowest BCUT2D eigenvalue weighted by atomic mass is 10.1. The van der Waals surface area contributed by atoms with Gasteiger partial charge in [-0.05, 0) is 25.0 Å². The Balaban J connectivity index is 1.96. The maximum Gasteiger partial charge on any atom is 0.146 e. The van der Waals surface area contributed by atoms with Gasteiger partial charge < -0.3 is 11.6 Å². The Hall–Kier alpha value is -0.840. The zero-order valence-electron chi connectivity index (χ0n) is 8.65. The number of imidazole rings is 1. The summed E-state index contributed by atoms with van der Waals surface area (Å²) in [6.07, 6.45) is 3.62. The van der Waals surface area contributed by atoms with Crippen molar-refractivity contribution in [3.8, 4) is 0 Å². The first-order valence-electron chi connectivity index (χ1n) is 5.48. The molecule has 2 heterocycles. The largest absolute Gasteiger partial charge is 0.382 e. The summed E-state index contributed by atoms with van der Waals surface area (Å²) in [5, 5.41) is 0. The summed E-state index contributed by atoms with van der Waals surface area (Å²) in [7, 11) is 0. The van der Waals surface area contributed by atoms with Crippen LogP contribution in [-0.2, 0) is 0 Å². The first-order chi connectivity index (χ1) is 7.27. The van der Waals surface area contributed by atoms with Crippen LogP contribution in [0.25, 0.3) is 0 Å². The third kappa shape index (κ3) is 1.49. The second-order valence-electron chi connectivity index (χ2n) is 4.45. The van der Waals surface area contributed by atoms with Crippen LogP contribution in [0, 0.1) is 0 Å². The molecule has 0 radical (unpaired) electrons. The number of thioether (sulfide) groups is 1. The van der Waals surface area contributed by atoms with Crippen molar-refractivity contribution in [2.24, 2.45) is 0 Å². The maximum atomic E-state index is 6.02. The van der Waals surface area contributed by atoms with Crippen molar-refractivity contribution < 1.29 is 0 Å². The van der Waals surface area contributed by atoms with Gasteiger partial charge in [-0.25, -0.2) is 9.66 Å². The number of anilines is 1. The molecule has 2 fully saturated rings. The second-order valence-corrected chi connectivity index (χ2v) is 5.60. The van der Waals surface area contributed by atoms with Crippen molar-refractivity contribution in [1.82, 2.24) is 9.66 Å². The highest BCUT2D eigenvalue weighted by Gasteiger charge is 2.32. The van der Waals surface area contributed by atoms with Crippen LogP contribution < -0.4 is 11.6 Å². The normalized spacial score (nSPS) is 26.0. The molecule has 1 aliphatic carbocycles. The van der Waals surface area contributed by atoms with E-state index in [1.807, 2.05) is 11.8 Å². The Bertz CT molecular complexity index is 377. The van der Waals surface area contributed by atoms with E-state index in [0.717, 1.165) is 17.3 Å². The summed E-state index contributed by atoms with van der Waals surface area (Å²) < 4.78 is 1.61. The van der Waals surface area contributed by atoms with Crippen molar-refractivity contribution in [3.63, 3.8) is 0 Å². The third-order valence-electron chi connectivity index (χ3n) is 3.26. The number of nitrogen functional groups attached to an aromatic ring is 2. The van der Waals surface area contributed by atoms with E-state index in [2.05, 4.69) is 4.98 Å². The highest BCUT2D eigenvalue weighted by atomic mass is 32.2. The lowest BCUT2D eigenvalue weighted by Crippen LogP contribution is -2.15. The van der Waals surface area contributed by atoms with Gasteiger partial charge in [0.05, 0.1) is 5.69 Å². The predicted molar refractivity (Wildman–Crippen MR) is 63.4 cm³/mol. The summed E-state index contributed by atoms with van der Waals surface area (Å²) in [5.41, 5.74) is 7.06. The molecule has 1 saturated heterocycles. The van der Waals surface area contributed by atoms with Gasteiger partial charge in [-0.3, -0.25) is 0 Å². The molecule has 15 heavy (non-hydrogen) atoms. The van der Waals surface area contributed by atoms with Crippen molar-refractivity contribution >= 4 is 17.6 Å². The van der Waals surface area contributed by atoms with Crippen molar-refractivity contribution in [2.45, 2.75) is 31.1 Å². The average molecular weight is 224 g/mol. The Morgan fingerprint density at radius 1 is 1.27 bits per heavy atom. The SMILES string of the molecule is Nc1c(C2CCSC2)nc(C2CC2)n1N. The van der Waals surface area contributed by atoms with Crippen LogP contribution in [0.4, 0.5) is 5.82 Å². The fraction of sp³-hybridized carbons (Fsp3) is 0.700. The molecule has 0 spiro atoms. The minimum Gasteiger partial charge on any atom is -0.382 e. The first kappa shape index (κ1) is 9.39. The quantitative estimate of drug-likeness (QED) is 0.742. The summed E-state index contributed by atoms with van der Waals surface area (Å²) in [6, 6.07) is 0. The minimum atomic E-state index is 0.525. The molecule has 3 rings (SSSR count). The van der Waals surface area contributed by atoms with Gasteiger partial charge in [0, 0.05) is 17.6 Å². The van der Waals surface area contributed by atoms with Crippen LogP contribution in [-0.4, -0.2) is 21.2 Å². The van der Waals surface area contributed by atoms with Crippen molar-refractivity contribution in [1.29, 1.82) is 0 Å². The number of hydrogen-bond donors (Lipinski definition) is 2. The average Bonchev–Trinajstić information content (AvgIpc) is 2.84. The summed E-state index contributed by atoms with van der Waals surface area (Å²) in [6.45, 7) is 0. The molecular formula is C10H16N4S. The molecule has 2 aliphatic rings. The number of aromatic nitrogens is 2. The molecule has 1 saturated carbocycles. The Morgan fingerprint density at radius 3 is 2.67 bits per heavy atom. The van der Waals surface area contributed by atoms with E-state index in [1.54, 1.807) is 4.68 Å². The predicted octanol–water partition coefficient (Wildman–Crippen LogP) is 1.28. The Labute approximate surface area is 93.4 Å². The molecular weight excluding hydrogens is 208 g/mol. The molecule has 1 aromatic heterocycles. The van der Waals surface area contributed by atoms with Gasteiger partial charge in [-0.1, -0.05) is 0 Å². The molecule has 1 unspecified atom stereocenters. The molecule has 4 N–H and O–H groups in total. The standard InChI is InChI=1S/C10H16N4S/c11-9-8(7-3-4-15-5-7)13-10(14(9)12)6-1-2-6/h6-7H,1-5,11-12H2. The lowest BCUT2D eigenvalue weighted by molar-refractivity contribution is 0.755. The second kappa shape index (κ2) is 3.33. The molecule has 0 bridgehead atoms. The van der Waals surface area contributed by atoms with E-state index in [1.165, 1.54) is 25.0 Å². The first-order valence-corrected chi connectivity index (χ1v) is 6.63. The number of nitrogens with two attached hydrogens (primary N) is 2. The molecule has 4 nitrogen and oxygen atoms in total. The van der Waals surface area contributed by atoms with Crippen LogP contribution in [0.1, 0.15) is 42.6 Å². The fourth-order valence-electron chi connectivity index (χ4n) is 2.16. The smallest absolute Gasteiger partial charge is 0.146 e. The Morgan fingerprint density at radius 2 is 2.07 bits per heavy atom. The van der Waals surface area contributed by atoms with Gasteiger partial charge >= 0.3 is 0 Å². The maximum absolute atomic E-state index is 6.02. The molecule has 1 atom stereocenters.